The second kappa shape index (κ2) is 11.4. The molecule has 0 unspecified atom stereocenters. The van der Waals surface area contributed by atoms with Crippen molar-refractivity contribution in [2.45, 2.75) is 0 Å². The van der Waals surface area contributed by atoms with Crippen molar-refractivity contribution in [2.75, 3.05) is 0 Å². The zero-order valence-electron chi connectivity index (χ0n) is 27.5. The average Bonchev–Trinajstić information content (AvgIpc) is 3.54. The van der Waals surface area contributed by atoms with Crippen molar-refractivity contribution in [1.82, 2.24) is 4.57 Å². The summed E-state index contributed by atoms with van der Waals surface area (Å²) in [4.78, 5) is 0. The van der Waals surface area contributed by atoms with Crippen molar-refractivity contribution < 1.29 is 0 Å². The maximum absolute atomic E-state index is 2.70. The number of hydrogen-bond donors (Lipinski definition) is 0. The predicted molar refractivity (Wildman–Crippen MR) is 217 cm³/mol. The van der Waals surface area contributed by atoms with E-state index < -0.39 is 8.07 Å². The zero-order chi connectivity index (χ0) is 33.1. The Hall–Kier alpha value is -6.22. The molecular formula is C48H33NSi. The summed E-state index contributed by atoms with van der Waals surface area (Å²) in [7, 11) is -2.70. The van der Waals surface area contributed by atoms with Gasteiger partial charge in [-0.25, -0.2) is 0 Å². The molecule has 10 rings (SSSR count). The summed E-state index contributed by atoms with van der Waals surface area (Å²) >= 11 is 0. The number of benzene rings is 9. The molecule has 9 aromatic carbocycles. The van der Waals surface area contributed by atoms with E-state index in [-0.39, 0.29) is 0 Å². The van der Waals surface area contributed by atoms with Gasteiger partial charge in [-0.1, -0.05) is 176 Å². The summed E-state index contributed by atoms with van der Waals surface area (Å²) in [6.45, 7) is 0. The van der Waals surface area contributed by atoms with E-state index in [1.165, 1.54) is 80.6 Å². The Morgan fingerprint density at radius 2 is 0.720 bits per heavy atom. The van der Waals surface area contributed by atoms with Crippen LogP contribution in [0, 0.1) is 0 Å². The maximum atomic E-state index is 2.50. The van der Waals surface area contributed by atoms with E-state index in [0.717, 1.165) is 0 Å². The summed E-state index contributed by atoms with van der Waals surface area (Å²) < 4.78 is 2.50. The lowest BCUT2D eigenvalue weighted by atomic mass is 9.92. The predicted octanol–water partition coefficient (Wildman–Crippen LogP) is 9.62. The lowest BCUT2D eigenvalue weighted by Crippen LogP contribution is -2.74. The van der Waals surface area contributed by atoms with E-state index in [2.05, 4.69) is 205 Å². The molecule has 2 heteroatoms. The highest BCUT2D eigenvalue weighted by atomic mass is 28.3. The van der Waals surface area contributed by atoms with E-state index in [1.807, 2.05) is 0 Å². The molecule has 1 aromatic heterocycles. The van der Waals surface area contributed by atoms with Crippen molar-refractivity contribution >= 4 is 82.9 Å². The number of rotatable bonds is 5. The minimum atomic E-state index is -2.70. The summed E-state index contributed by atoms with van der Waals surface area (Å²) in [6.07, 6.45) is 0. The van der Waals surface area contributed by atoms with E-state index in [4.69, 9.17) is 0 Å². The Bertz CT molecular complexity index is 2720. The molecule has 0 aliphatic rings. The second-order valence-electron chi connectivity index (χ2n) is 13.2. The van der Waals surface area contributed by atoms with Gasteiger partial charge in [0.1, 0.15) is 0 Å². The van der Waals surface area contributed by atoms with Crippen LogP contribution in [0.1, 0.15) is 0 Å². The van der Waals surface area contributed by atoms with Crippen LogP contribution in [0.3, 0.4) is 0 Å². The number of fused-ring (bicyclic) bond motifs is 10. The standard InChI is InChI=1S/C48H33NSi/c1-4-18-35(19-5-1)50(36-20-6-2-7-21-36,37-22-8-3-9-23-37)38-24-16-17-34(33-38)49-45-30-15-14-29-44(45)48-46(49)32-31-43-41-27-11-10-25-39(41)40-26-12-13-28-42(40)47(43)48/h1-33H. The molecule has 50 heavy (non-hydrogen) atoms. The second-order valence-corrected chi connectivity index (χ2v) is 17.0. The van der Waals surface area contributed by atoms with Crippen molar-refractivity contribution in [1.29, 1.82) is 0 Å². The molecule has 0 aliphatic carbocycles. The first-order valence-electron chi connectivity index (χ1n) is 17.4. The SMILES string of the molecule is c1ccc([Si](c2ccccc2)(c2ccccc2)c2cccc(-n3c4ccccc4c4c5c6ccccc6c6ccccc6c5ccc43)c2)cc1. The molecule has 1 nitrogen and oxygen atoms in total. The Labute approximate surface area is 292 Å². The number of para-hydroxylation sites is 1. The normalized spacial score (nSPS) is 12.0. The fourth-order valence-corrected chi connectivity index (χ4v) is 13.5. The van der Waals surface area contributed by atoms with Crippen LogP contribution in [0.5, 0.6) is 0 Å². The van der Waals surface area contributed by atoms with Gasteiger partial charge >= 0.3 is 0 Å². The quantitative estimate of drug-likeness (QED) is 0.0993. The molecule has 0 saturated heterocycles. The van der Waals surface area contributed by atoms with Gasteiger partial charge in [-0.3, -0.25) is 0 Å². The lowest BCUT2D eigenvalue weighted by molar-refractivity contribution is 1.18. The molecular weight excluding hydrogens is 619 g/mol. The zero-order valence-corrected chi connectivity index (χ0v) is 28.5. The van der Waals surface area contributed by atoms with Crippen LogP contribution in [0.4, 0.5) is 0 Å². The third-order valence-corrected chi connectivity index (χ3v) is 15.5. The molecule has 0 bridgehead atoms. The highest BCUT2D eigenvalue weighted by Crippen LogP contribution is 2.43. The van der Waals surface area contributed by atoms with Gasteiger partial charge in [0.15, 0.2) is 8.07 Å². The summed E-state index contributed by atoms with van der Waals surface area (Å²) in [5.41, 5.74) is 3.62. The van der Waals surface area contributed by atoms with E-state index in [0.29, 0.717) is 0 Å². The molecule has 0 saturated carbocycles. The molecule has 0 radical (unpaired) electrons. The van der Waals surface area contributed by atoms with Crippen LogP contribution in [0.25, 0.3) is 59.8 Å². The average molecular weight is 652 g/mol. The minimum absolute atomic E-state index is 1.18. The van der Waals surface area contributed by atoms with E-state index >= 15 is 0 Å². The number of hydrogen-bond acceptors (Lipinski definition) is 0. The molecule has 1 heterocycles. The highest BCUT2D eigenvalue weighted by molar-refractivity contribution is 7.19. The van der Waals surface area contributed by atoms with Crippen LogP contribution >= 0.6 is 0 Å². The largest absolute Gasteiger partial charge is 0.309 e. The maximum Gasteiger partial charge on any atom is 0.179 e. The van der Waals surface area contributed by atoms with Crippen LogP contribution in [0.2, 0.25) is 0 Å². The van der Waals surface area contributed by atoms with E-state index in [9.17, 15) is 0 Å². The monoisotopic (exact) mass is 651 g/mol. The van der Waals surface area contributed by atoms with Crippen molar-refractivity contribution in [3.63, 3.8) is 0 Å². The van der Waals surface area contributed by atoms with E-state index in [1.54, 1.807) is 0 Å². The Kier molecular flexibility index (Phi) is 6.58. The first kappa shape index (κ1) is 28.8. The summed E-state index contributed by atoms with van der Waals surface area (Å²) in [6, 6.07) is 74.4. The third-order valence-electron chi connectivity index (χ3n) is 10.7. The molecule has 0 atom stereocenters. The molecule has 10 aromatic rings. The Morgan fingerprint density at radius 3 is 1.30 bits per heavy atom. The first-order valence-corrected chi connectivity index (χ1v) is 19.4. The minimum Gasteiger partial charge on any atom is -0.309 e. The fraction of sp³-hybridized carbons (Fsp3) is 0. The third kappa shape index (κ3) is 4.12. The lowest BCUT2D eigenvalue weighted by Gasteiger charge is -2.34. The molecule has 234 valence electrons. The Morgan fingerprint density at radius 1 is 0.280 bits per heavy atom. The van der Waals surface area contributed by atoms with Gasteiger partial charge in [-0.15, -0.1) is 0 Å². The molecule has 0 spiro atoms. The Balaban J connectivity index is 1.32. The van der Waals surface area contributed by atoms with Gasteiger partial charge in [0.2, 0.25) is 0 Å². The van der Waals surface area contributed by atoms with Gasteiger partial charge < -0.3 is 4.57 Å². The molecule has 0 aliphatic heterocycles. The van der Waals surface area contributed by atoms with Gasteiger partial charge in [-0.05, 0) is 71.9 Å². The fourth-order valence-electron chi connectivity index (χ4n) is 8.67. The van der Waals surface area contributed by atoms with Crippen LogP contribution in [-0.4, -0.2) is 12.6 Å². The first-order chi connectivity index (χ1) is 24.8. The van der Waals surface area contributed by atoms with Crippen LogP contribution < -0.4 is 20.7 Å². The molecule has 0 fully saturated rings. The van der Waals surface area contributed by atoms with Crippen LogP contribution in [-0.2, 0) is 0 Å². The van der Waals surface area contributed by atoms with Crippen molar-refractivity contribution in [2.24, 2.45) is 0 Å². The van der Waals surface area contributed by atoms with Gasteiger partial charge in [-0.2, -0.15) is 0 Å². The highest BCUT2D eigenvalue weighted by Gasteiger charge is 2.41. The molecule has 0 amide bonds. The van der Waals surface area contributed by atoms with Crippen molar-refractivity contribution in [3.05, 3.63) is 200 Å². The summed E-state index contributed by atoms with van der Waals surface area (Å²) in [5.74, 6) is 0. The van der Waals surface area contributed by atoms with Gasteiger partial charge in [0.05, 0.1) is 11.0 Å². The van der Waals surface area contributed by atoms with Gasteiger partial charge in [0.25, 0.3) is 0 Å². The summed E-state index contributed by atoms with van der Waals surface area (Å²) in [5, 5.41) is 15.9. The number of aromatic nitrogens is 1. The topological polar surface area (TPSA) is 4.93 Å². The van der Waals surface area contributed by atoms with Crippen LogP contribution in [0.15, 0.2) is 200 Å². The number of nitrogens with zero attached hydrogens (tertiary/aromatic N) is 1. The van der Waals surface area contributed by atoms with Crippen molar-refractivity contribution in [3.8, 4) is 5.69 Å². The smallest absolute Gasteiger partial charge is 0.179 e. The molecule has 0 N–H and O–H groups in total. The van der Waals surface area contributed by atoms with Gasteiger partial charge in [0, 0.05) is 21.8 Å².